The van der Waals surface area contributed by atoms with Crippen molar-refractivity contribution in [2.75, 3.05) is 19.6 Å². The first-order valence-corrected chi connectivity index (χ1v) is 5.51. The van der Waals surface area contributed by atoms with Crippen LogP contribution in [0.5, 0.6) is 0 Å². The van der Waals surface area contributed by atoms with E-state index in [0.717, 1.165) is 19.5 Å². The Morgan fingerprint density at radius 3 is 2.64 bits per heavy atom. The SMILES string of the molecule is CC(F)CN1CCC(NC(C)(C)C)C1. The average molecular weight is 202 g/mol. The highest BCUT2D eigenvalue weighted by molar-refractivity contribution is 4.86. The van der Waals surface area contributed by atoms with E-state index in [9.17, 15) is 4.39 Å². The number of nitrogens with zero attached hydrogens (tertiary/aromatic N) is 1. The minimum absolute atomic E-state index is 0.169. The van der Waals surface area contributed by atoms with Gasteiger partial charge in [0.25, 0.3) is 0 Å². The topological polar surface area (TPSA) is 15.3 Å². The third-order valence-electron chi connectivity index (χ3n) is 2.42. The molecule has 0 aromatic heterocycles. The van der Waals surface area contributed by atoms with Crippen molar-refractivity contribution in [2.45, 2.75) is 51.9 Å². The summed E-state index contributed by atoms with van der Waals surface area (Å²) < 4.78 is 12.8. The predicted molar refractivity (Wildman–Crippen MR) is 58.3 cm³/mol. The maximum atomic E-state index is 12.8. The van der Waals surface area contributed by atoms with Crippen molar-refractivity contribution in [2.24, 2.45) is 0 Å². The Morgan fingerprint density at radius 1 is 1.50 bits per heavy atom. The third-order valence-corrected chi connectivity index (χ3v) is 2.42. The van der Waals surface area contributed by atoms with Gasteiger partial charge in [-0.25, -0.2) is 4.39 Å². The number of halogens is 1. The van der Waals surface area contributed by atoms with Crippen molar-refractivity contribution in [3.63, 3.8) is 0 Å². The predicted octanol–water partition coefficient (Wildman–Crippen LogP) is 1.81. The van der Waals surface area contributed by atoms with Gasteiger partial charge in [-0.1, -0.05) is 0 Å². The smallest absolute Gasteiger partial charge is 0.110 e. The molecule has 1 aliphatic rings. The minimum Gasteiger partial charge on any atom is -0.308 e. The van der Waals surface area contributed by atoms with Gasteiger partial charge in [0.15, 0.2) is 0 Å². The van der Waals surface area contributed by atoms with E-state index in [0.29, 0.717) is 12.6 Å². The molecule has 1 rings (SSSR count). The molecular formula is C11H23FN2. The van der Waals surface area contributed by atoms with Crippen molar-refractivity contribution in [1.82, 2.24) is 10.2 Å². The molecule has 2 atom stereocenters. The van der Waals surface area contributed by atoms with Crippen molar-refractivity contribution in [1.29, 1.82) is 0 Å². The Kier molecular flexibility index (Phi) is 3.90. The molecule has 0 amide bonds. The van der Waals surface area contributed by atoms with E-state index in [-0.39, 0.29) is 5.54 Å². The molecule has 1 N–H and O–H groups in total. The zero-order valence-corrected chi connectivity index (χ0v) is 9.81. The van der Waals surface area contributed by atoms with E-state index in [2.05, 4.69) is 31.0 Å². The van der Waals surface area contributed by atoms with E-state index in [4.69, 9.17) is 0 Å². The van der Waals surface area contributed by atoms with Gasteiger partial charge in [0.2, 0.25) is 0 Å². The van der Waals surface area contributed by atoms with Crippen LogP contribution in [0.15, 0.2) is 0 Å². The van der Waals surface area contributed by atoms with Crippen LogP contribution in [0.2, 0.25) is 0 Å². The van der Waals surface area contributed by atoms with Crippen molar-refractivity contribution in [3.05, 3.63) is 0 Å². The summed E-state index contributed by atoms with van der Waals surface area (Å²) in [5.41, 5.74) is 0.169. The molecule has 3 heteroatoms. The molecule has 0 radical (unpaired) electrons. The number of likely N-dealkylation sites (tertiary alicyclic amines) is 1. The molecule has 14 heavy (non-hydrogen) atoms. The van der Waals surface area contributed by atoms with Crippen LogP contribution in [0.1, 0.15) is 34.1 Å². The summed E-state index contributed by atoms with van der Waals surface area (Å²) in [6, 6.07) is 0.536. The standard InChI is InChI=1S/C11H23FN2/c1-9(12)7-14-6-5-10(8-14)13-11(2,3)4/h9-10,13H,5-8H2,1-4H3. The van der Waals surface area contributed by atoms with Crippen molar-refractivity contribution < 1.29 is 4.39 Å². The fourth-order valence-corrected chi connectivity index (χ4v) is 2.08. The summed E-state index contributed by atoms with van der Waals surface area (Å²) in [6.45, 7) is 10.8. The van der Waals surface area contributed by atoms with Crippen molar-refractivity contribution in [3.8, 4) is 0 Å². The molecule has 1 aliphatic heterocycles. The average Bonchev–Trinajstić information content (AvgIpc) is 2.30. The molecule has 2 nitrogen and oxygen atoms in total. The molecule has 0 spiro atoms. The maximum Gasteiger partial charge on any atom is 0.110 e. The first kappa shape index (κ1) is 11.9. The highest BCUT2D eigenvalue weighted by Gasteiger charge is 2.26. The Bertz CT molecular complexity index is 175. The third kappa shape index (κ3) is 4.38. The van der Waals surface area contributed by atoms with E-state index in [1.54, 1.807) is 6.92 Å². The van der Waals surface area contributed by atoms with Crippen molar-refractivity contribution >= 4 is 0 Å². The Hall–Kier alpha value is -0.150. The van der Waals surface area contributed by atoms with Gasteiger partial charge in [-0.15, -0.1) is 0 Å². The molecule has 1 saturated heterocycles. The quantitative estimate of drug-likeness (QED) is 0.751. The van der Waals surface area contributed by atoms with Gasteiger partial charge in [-0.05, 0) is 40.7 Å². The molecule has 0 aromatic carbocycles. The Labute approximate surface area is 86.9 Å². The lowest BCUT2D eigenvalue weighted by Gasteiger charge is -2.26. The first-order valence-electron chi connectivity index (χ1n) is 5.51. The molecule has 84 valence electrons. The number of rotatable bonds is 3. The van der Waals surface area contributed by atoms with Crippen LogP contribution in [0.4, 0.5) is 4.39 Å². The van der Waals surface area contributed by atoms with Crippen LogP contribution >= 0.6 is 0 Å². The lowest BCUT2D eigenvalue weighted by Crippen LogP contribution is -2.45. The number of hydrogen-bond donors (Lipinski definition) is 1. The number of nitrogens with one attached hydrogen (secondary N) is 1. The van der Waals surface area contributed by atoms with Gasteiger partial charge in [-0.3, -0.25) is 4.90 Å². The zero-order valence-electron chi connectivity index (χ0n) is 9.81. The lowest BCUT2D eigenvalue weighted by atomic mass is 10.1. The minimum atomic E-state index is -0.705. The summed E-state index contributed by atoms with van der Waals surface area (Å²) in [5.74, 6) is 0. The number of hydrogen-bond acceptors (Lipinski definition) is 2. The fourth-order valence-electron chi connectivity index (χ4n) is 2.08. The zero-order chi connectivity index (χ0) is 10.8. The second-order valence-electron chi connectivity index (χ2n) is 5.42. The summed E-state index contributed by atoms with van der Waals surface area (Å²) in [4.78, 5) is 2.20. The summed E-state index contributed by atoms with van der Waals surface area (Å²) in [7, 11) is 0. The summed E-state index contributed by atoms with van der Waals surface area (Å²) >= 11 is 0. The van der Waals surface area contributed by atoms with Gasteiger partial charge in [-0.2, -0.15) is 0 Å². The largest absolute Gasteiger partial charge is 0.308 e. The van der Waals surface area contributed by atoms with E-state index in [1.807, 2.05) is 0 Å². The molecule has 1 heterocycles. The summed E-state index contributed by atoms with van der Waals surface area (Å²) in [6.07, 6.45) is 0.438. The van der Waals surface area contributed by atoms with Crippen LogP contribution in [-0.2, 0) is 0 Å². The molecule has 2 unspecified atom stereocenters. The Balaban J connectivity index is 2.27. The second kappa shape index (κ2) is 4.58. The monoisotopic (exact) mass is 202 g/mol. The normalized spacial score (nSPS) is 26.8. The summed E-state index contributed by atoms with van der Waals surface area (Å²) in [5, 5.41) is 3.56. The van der Waals surface area contributed by atoms with Crippen LogP contribution in [-0.4, -0.2) is 42.3 Å². The Morgan fingerprint density at radius 2 is 2.14 bits per heavy atom. The molecule has 0 aliphatic carbocycles. The molecule has 0 saturated carbocycles. The second-order valence-corrected chi connectivity index (χ2v) is 5.42. The van der Waals surface area contributed by atoms with Gasteiger partial charge in [0, 0.05) is 24.7 Å². The van der Waals surface area contributed by atoms with E-state index in [1.165, 1.54) is 0 Å². The van der Waals surface area contributed by atoms with E-state index >= 15 is 0 Å². The van der Waals surface area contributed by atoms with Gasteiger partial charge >= 0.3 is 0 Å². The van der Waals surface area contributed by atoms with Gasteiger partial charge in [0.05, 0.1) is 0 Å². The first-order chi connectivity index (χ1) is 6.37. The van der Waals surface area contributed by atoms with Gasteiger partial charge < -0.3 is 5.32 Å². The van der Waals surface area contributed by atoms with Crippen LogP contribution < -0.4 is 5.32 Å². The molecule has 1 fully saturated rings. The molecule has 0 bridgehead atoms. The van der Waals surface area contributed by atoms with E-state index < -0.39 is 6.17 Å². The fraction of sp³-hybridized carbons (Fsp3) is 1.00. The van der Waals surface area contributed by atoms with Crippen LogP contribution in [0, 0.1) is 0 Å². The molecule has 0 aromatic rings. The lowest BCUT2D eigenvalue weighted by molar-refractivity contribution is 0.227. The van der Waals surface area contributed by atoms with Gasteiger partial charge in [0.1, 0.15) is 6.17 Å². The number of alkyl halides is 1. The maximum absolute atomic E-state index is 12.8. The van der Waals surface area contributed by atoms with Crippen LogP contribution in [0.25, 0.3) is 0 Å². The molecular weight excluding hydrogens is 179 g/mol. The highest BCUT2D eigenvalue weighted by Crippen LogP contribution is 2.13. The van der Waals surface area contributed by atoms with Crippen LogP contribution in [0.3, 0.4) is 0 Å². The highest BCUT2D eigenvalue weighted by atomic mass is 19.1.